The van der Waals surface area contributed by atoms with E-state index >= 15 is 0 Å². The molecule has 1 fully saturated rings. The second-order valence-corrected chi connectivity index (χ2v) is 5.49. The quantitative estimate of drug-likeness (QED) is 0.492. The molecule has 1 aliphatic rings. The number of nitrogens with one attached hydrogen (secondary N) is 1. The van der Waals surface area contributed by atoms with Crippen molar-refractivity contribution in [1.29, 1.82) is 5.26 Å². The smallest absolute Gasteiger partial charge is 0.326 e. The van der Waals surface area contributed by atoms with E-state index in [-0.39, 0.29) is 13.0 Å². The van der Waals surface area contributed by atoms with E-state index in [1.54, 1.807) is 13.8 Å². The lowest BCUT2D eigenvalue weighted by Gasteiger charge is -2.22. The number of esters is 1. The van der Waals surface area contributed by atoms with Gasteiger partial charge in [0, 0.05) is 13.6 Å². The molecule has 0 aromatic carbocycles. The first-order valence-corrected chi connectivity index (χ1v) is 7.72. The highest BCUT2D eigenvalue weighted by atomic mass is 16.5. The molecular formula is C15H22N4O5. The Labute approximate surface area is 140 Å². The average molecular weight is 338 g/mol. The number of rotatable bonds is 8. The van der Waals surface area contributed by atoms with Crippen LogP contribution in [-0.4, -0.2) is 65.9 Å². The normalized spacial score (nSPS) is 15.7. The summed E-state index contributed by atoms with van der Waals surface area (Å²) in [6.07, 6.45) is 1.01. The largest absolute Gasteiger partial charge is 0.454 e. The highest BCUT2D eigenvalue weighted by molar-refractivity contribution is 6.08. The fourth-order valence-electron chi connectivity index (χ4n) is 2.32. The van der Waals surface area contributed by atoms with Crippen molar-refractivity contribution in [2.75, 3.05) is 26.7 Å². The number of amides is 4. The number of ether oxygens (including phenoxy) is 1. The first kappa shape index (κ1) is 19.4. The number of hydrogen-bond donors (Lipinski definition) is 1. The Bertz CT molecular complexity index is 565. The fraction of sp³-hybridized carbons (Fsp3) is 0.667. The summed E-state index contributed by atoms with van der Waals surface area (Å²) >= 11 is 0. The highest BCUT2D eigenvalue weighted by Gasteiger charge is 2.49. The number of carbonyl (C=O) groups excluding carboxylic acids is 4. The van der Waals surface area contributed by atoms with Gasteiger partial charge in [-0.1, -0.05) is 13.8 Å². The first-order chi connectivity index (χ1) is 11.3. The van der Waals surface area contributed by atoms with Gasteiger partial charge in [-0.15, -0.1) is 0 Å². The van der Waals surface area contributed by atoms with Crippen molar-refractivity contribution in [2.45, 2.75) is 38.6 Å². The Morgan fingerprint density at radius 3 is 2.46 bits per heavy atom. The van der Waals surface area contributed by atoms with E-state index < -0.39 is 42.5 Å². The second-order valence-electron chi connectivity index (χ2n) is 5.49. The van der Waals surface area contributed by atoms with Crippen molar-refractivity contribution in [3.63, 3.8) is 0 Å². The molecule has 4 amide bonds. The van der Waals surface area contributed by atoms with Crippen molar-refractivity contribution < 1.29 is 23.9 Å². The van der Waals surface area contributed by atoms with Gasteiger partial charge in [0.05, 0.1) is 12.5 Å². The Morgan fingerprint density at radius 1 is 1.33 bits per heavy atom. The zero-order valence-corrected chi connectivity index (χ0v) is 14.1. The zero-order chi connectivity index (χ0) is 18.3. The van der Waals surface area contributed by atoms with Gasteiger partial charge in [-0.2, -0.15) is 5.26 Å². The van der Waals surface area contributed by atoms with Gasteiger partial charge in [-0.3, -0.25) is 19.3 Å². The topological polar surface area (TPSA) is 120 Å². The predicted molar refractivity (Wildman–Crippen MR) is 82.4 cm³/mol. The molecule has 1 rings (SSSR count). The predicted octanol–water partition coefficient (Wildman–Crippen LogP) is 0.0123. The molecule has 9 heteroatoms. The molecule has 0 bridgehead atoms. The summed E-state index contributed by atoms with van der Waals surface area (Å²) in [5.41, 5.74) is -0.981. The maximum absolute atomic E-state index is 12.3. The van der Waals surface area contributed by atoms with Crippen molar-refractivity contribution >= 4 is 23.8 Å². The molecule has 0 aromatic rings. The summed E-state index contributed by atoms with van der Waals surface area (Å²) in [5, 5.41) is 11.1. The molecular weight excluding hydrogens is 316 g/mol. The Kier molecular flexibility index (Phi) is 6.70. The summed E-state index contributed by atoms with van der Waals surface area (Å²) in [7, 11) is 1.49. The van der Waals surface area contributed by atoms with Gasteiger partial charge < -0.3 is 15.0 Å². The average Bonchev–Trinajstić information content (AvgIpc) is 2.82. The minimum Gasteiger partial charge on any atom is -0.454 e. The van der Waals surface area contributed by atoms with Crippen LogP contribution in [0.2, 0.25) is 0 Å². The molecule has 0 radical (unpaired) electrons. The highest BCUT2D eigenvalue weighted by Crippen LogP contribution is 2.24. The Hall–Kier alpha value is -2.63. The number of nitrogens with zero attached hydrogens (tertiary/aromatic N) is 3. The van der Waals surface area contributed by atoms with E-state index in [2.05, 4.69) is 5.32 Å². The van der Waals surface area contributed by atoms with Crippen LogP contribution in [-0.2, 0) is 19.1 Å². The van der Waals surface area contributed by atoms with Gasteiger partial charge in [0.15, 0.2) is 6.61 Å². The molecule has 0 unspecified atom stereocenters. The maximum atomic E-state index is 12.3. The third-order valence-electron chi connectivity index (χ3n) is 4.08. The maximum Gasteiger partial charge on any atom is 0.326 e. The minimum absolute atomic E-state index is 0.175. The summed E-state index contributed by atoms with van der Waals surface area (Å²) in [6.45, 7) is 2.74. The molecule has 0 saturated carbocycles. The van der Waals surface area contributed by atoms with Crippen LogP contribution in [0.5, 0.6) is 0 Å². The lowest BCUT2D eigenvalue weighted by atomic mass is 9.93. The molecule has 0 atom stereocenters. The Morgan fingerprint density at radius 2 is 1.96 bits per heavy atom. The molecule has 1 saturated heterocycles. The van der Waals surface area contributed by atoms with Crippen LogP contribution in [0.25, 0.3) is 0 Å². The molecule has 1 aliphatic heterocycles. The van der Waals surface area contributed by atoms with Gasteiger partial charge in [-0.25, -0.2) is 4.79 Å². The molecule has 1 heterocycles. The van der Waals surface area contributed by atoms with Gasteiger partial charge in [0.1, 0.15) is 12.1 Å². The number of likely N-dealkylation sites (N-methyl/N-ethyl adjacent to an activating group) is 1. The molecule has 9 nitrogen and oxygen atoms in total. The van der Waals surface area contributed by atoms with E-state index in [0.717, 1.165) is 4.90 Å². The van der Waals surface area contributed by atoms with E-state index in [4.69, 9.17) is 10.00 Å². The lowest BCUT2D eigenvalue weighted by molar-refractivity contribution is -0.153. The summed E-state index contributed by atoms with van der Waals surface area (Å²) in [6, 6.07) is 1.26. The van der Waals surface area contributed by atoms with E-state index in [0.29, 0.717) is 12.8 Å². The van der Waals surface area contributed by atoms with Crippen molar-refractivity contribution in [1.82, 2.24) is 15.1 Å². The van der Waals surface area contributed by atoms with Gasteiger partial charge in [0.2, 0.25) is 0 Å². The first-order valence-electron chi connectivity index (χ1n) is 7.72. The molecule has 24 heavy (non-hydrogen) atoms. The Balaban J connectivity index is 2.54. The van der Waals surface area contributed by atoms with Crippen molar-refractivity contribution in [3.8, 4) is 6.07 Å². The van der Waals surface area contributed by atoms with Crippen molar-refractivity contribution in [2.24, 2.45) is 0 Å². The van der Waals surface area contributed by atoms with Crippen LogP contribution in [0.4, 0.5) is 4.79 Å². The zero-order valence-electron chi connectivity index (χ0n) is 14.1. The summed E-state index contributed by atoms with van der Waals surface area (Å²) < 4.78 is 4.81. The fourth-order valence-corrected chi connectivity index (χ4v) is 2.32. The van der Waals surface area contributed by atoms with Gasteiger partial charge in [0.25, 0.3) is 11.8 Å². The second kappa shape index (κ2) is 8.29. The van der Waals surface area contributed by atoms with E-state index in [1.807, 2.05) is 6.07 Å². The third-order valence-corrected chi connectivity index (χ3v) is 4.08. The number of carbonyl (C=O) groups is 4. The summed E-state index contributed by atoms with van der Waals surface area (Å²) in [4.78, 5) is 49.8. The SMILES string of the molecule is CCC1(CC)NC(=O)N(CC(=O)OCC(=O)N(C)CCC#N)C1=O. The molecule has 0 aliphatic carbocycles. The van der Waals surface area contributed by atoms with Gasteiger partial charge >= 0.3 is 12.0 Å². The van der Waals surface area contributed by atoms with Crippen LogP contribution in [0.15, 0.2) is 0 Å². The summed E-state index contributed by atoms with van der Waals surface area (Å²) in [5.74, 6) is -1.78. The number of nitriles is 1. The number of imide groups is 1. The third kappa shape index (κ3) is 4.22. The molecule has 0 aromatic heterocycles. The van der Waals surface area contributed by atoms with Crippen LogP contribution in [0.3, 0.4) is 0 Å². The minimum atomic E-state index is -0.981. The monoisotopic (exact) mass is 338 g/mol. The number of urea groups is 1. The van der Waals surface area contributed by atoms with Crippen LogP contribution in [0, 0.1) is 11.3 Å². The van der Waals surface area contributed by atoms with Crippen LogP contribution >= 0.6 is 0 Å². The molecule has 1 N–H and O–H groups in total. The van der Waals surface area contributed by atoms with Crippen LogP contribution in [0.1, 0.15) is 33.1 Å². The van der Waals surface area contributed by atoms with E-state index in [1.165, 1.54) is 11.9 Å². The molecule has 132 valence electrons. The standard InChI is InChI=1S/C15H22N4O5/c1-4-15(5-2)13(22)19(14(23)17-15)9-12(21)24-10-11(20)18(3)8-6-7-16/h4-6,8-10H2,1-3H3,(H,17,23). The van der Waals surface area contributed by atoms with E-state index in [9.17, 15) is 19.2 Å². The lowest BCUT2D eigenvalue weighted by Crippen LogP contribution is -2.46. The number of hydrogen-bond acceptors (Lipinski definition) is 6. The van der Waals surface area contributed by atoms with Crippen LogP contribution < -0.4 is 5.32 Å². The van der Waals surface area contributed by atoms with Crippen molar-refractivity contribution in [3.05, 3.63) is 0 Å². The van der Waals surface area contributed by atoms with Gasteiger partial charge in [-0.05, 0) is 12.8 Å². The molecule has 0 spiro atoms.